The van der Waals surface area contributed by atoms with Gasteiger partial charge in [0.2, 0.25) is 0 Å². The third kappa shape index (κ3) is 3.68. The Morgan fingerprint density at radius 1 is 1.25 bits per heavy atom. The number of aliphatic hydroxyl groups is 1. The van der Waals surface area contributed by atoms with E-state index in [4.69, 9.17) is 9.47 Å². The first-order chi connectivity index (χ1) is 13.5. The highest BCUT2D eigenvalue weighted by molar-refractivity contribution is 7.10. The van der Waals surface area contributed by atoms with Crippen molar-refractivity contribution in [1.29, 1.82) is 0 Å². The monoisotopic (exact) mass is 401 g/mol. The van der Waals surface area contributed by atoms with Gasteiger partial charge in [0.15, 0.2) is 0 Å². The number of hydrogen-bond acceptors (Lipinski definition) is 6. The minimum absolute atomic E-state index is 0.120. The summed E-state index contributed by atoms with van der Waals surface area (Å²) < 4.78 is 10.3. The van der Waals surface area contributed by atoms with Crippen LogP contribution in [0.25, 0.3) is 5.76 Å². The zero-order valence-electron chi connectivity index (χ0n) is 16.1. The lowest BCUT2D eigenvalue weighted by atomic mass is 9.98. The number of aryl methyl sites for hydroxylation is 1. The number of methoxy groups -OCH3 is 2. The number of amides is 1. The molecule has 1 atom stereocenters. The Balaban J connectivity index is 2.08. The lowest BCUT2D eigenvalue weighted by molar-refractivity contribution is -0.140. The second-order valence-corrected chi connectivity index (χ2v) is 7.52. The van der Waals surface area contributed by atoms with Gasteiger partial charge in [-0.3, -0.25) is 9.59 Å². The number of aliphatic hydroxyl groups excluding tert-OH is 1. The predicted molar refractivity (Wildman–Crippen MR) is 108 cm³/mol. The Labute approximate surface area is 168 Å². The first-order valence-corrected chi connectivity index (χ1v) is 9.83. The van der Waals surface area contributed by atoms with Crippen molar-refractivity contribution in [2.24, 2.45) is 0 Å². The molecule has 3 rings (SSSR count). The van der Waals surface area contributed by atoms with E-state index in [1.807, 2.05) is 24.4 Å². The number of ketones is 1. The molecule has 1 aromatic carbocycles. The van der Waals surface area contributed by atoms with E-state index in [1.54, 1.807) is 32.4 Å². The van der Waals surface area contributed by atoms with Gasteiger partial charge < -0.3 is 19.5 Å². The summed E-state index contributed by atoms with van der Waals surface area (Å²) in [5.74, 6) is -0.744. The fraction of sp³-hybridized carbons (Fsp3) is 0.333. The number of likely N-dealkylation sites (tertiary alicyclic amines) is 1. The fourth-order valence-electron chi connectivity index (χ4n) is 3.41. The molecule has 1 aliphatic rings. The van der Waals surface area contributed by atoms with Gasteiger partial charge in [-0.25, -0.2) is 0 Å². The Hall–Kier alpha value is -2.64. The lowest BCUT2D eigenvalue weighted by Gasteiger charge is -2.24. The van der Waals surface area contributed by atoms with E-state index in [0.717, 1.165) is 10.4 Å². The van der Waals surface area contributed by atoms with Crippen LogP contribution in [0.15, 0.2) is 41.3 Å². The van der Waals surface area contributed by atoms with Crippen molar-refractivity contribution in [3.05, 3.63) is 57.3 Å². The first-order valence-electron chi connectivity index (χ1n) is 8.95. The number of rotatable bonds is 7. The summed E-state index contributed by atoms with van der Waals surface area (Å²) in [5, 5.41) is 12.9. The maximum atomic E-state index is 12.8. The number of ether oxygens (including phenoxy) is 2. The van der Waals surface area contributed by atoms with Gasteiger partial charge in [-0.2, -0.15) is 0 Å². The molecule has 0 bridgehead atoms. The smallest absolute Gasteiger partial charge is 0.295 e. The molecule has 0 radical (unpaired) electrons. The number of carbonyl (C=O) groups excluding carboxylic acids is 2. The van der Waals surface area contributed by atoms with Gasteiger partial charge in [0, 0.05) is 30.7 Å². The largest absolute Gasteiger partial charge is 0.507 e. The molecule has 2 heterocycles. The molecule has 1 fully saturated rings. The highest BCUT2D eigenvalue weighted by Crippen LogP contribution is 2.41. The van der Waals surface area contributed by atoms with Crippen molar-refractivity contribution in [3.8, 4) is 5.75 Å². The maximum absolute atomic E-state index is 12.8. The molecule has 1 saturated heterocycles. The number of thiophene rings is 1. The van der Waals surface area contributed by atoms with E-state index in [0.29, 0.717) is 30.9 Å². The predicted octanol–water partition coefficient (Wildman–Crippen LogP) is 3.52. The van der Waals surface area contributed by atoms with Gasteiger partial charge in [0.25, 0.3) is 11.7 Å². The van der Waals surface area contributed by atoms with Crippen LogP contribution in [0.3, 0.4) is 0 Å². The Morgan fingerprint density at radius 3 is 2.64 bits per heavy atom. The number of carbonyl (C=O) groups is 2. The number of nitrogens with zero attached hydrogens (tertiary/aromatic N) is 1. The highest BCUT2D eigenvalue weighted by atomic mass is 32.1. The van der Waals surface area contributed by atoms with Crippen LogP contribution in [0.1, 0.15) is 28.5 Å². The zero-order valence-corrected chi connectivity index (χ0v) is 16.9. The maximum Gasteiger partial charge on any atom is 0.295 e. The molecule has 0 spiro atoms. The quantitative estimate of drug-likeness (QED) is 0.332. The normalized spacial score (nSPS) is 18.7. The summed E-state index contributed by atoms with van der Waals surface area (Å²) in [7, 11) is 3.17. The standard InChI is InChI=1S/C21H23NO5S/c1-13-12-14(7-8-15(13)27-3)19(23)17-18(16-6-4-11-28-16)22(9-5-10-26-2)21(25)20(17)24/h4,6-8,11-12,18,23H,5,9-10H2,1-3H3/t18-/m0/s1. The third-order valence-corrected chi connectivity index (χ3v) is 5.69. The van der Waals surface area contributed by atoms with Gasteiger partial charge in [0.1, 0.15) is 11.5 Å². The van der Waals surface area contributed by atoms with E-state index in [1.165, 1.54) is 16.2 Å². The molecule has 1 aromatic heterocycles. The van der Waals surface area contributed by atoms with Gasteiger partial charge in [0.05, 0.1) is 18.7 Å². The minimum atomic E-state index is -0.665. The van der Waals surface area contributed by atoms with Crippen LogP contribution in [0.2, 0.25) is 0 Å². The molecule has 7 heteroatoms. The molecule has 0 unspecified atom stereocenters. The second kappa shape index (κ2) is 8.58. The summed E-state index contributed by atoms with van der Waals surface area (Å²) in [4.78, 5) is 27.9. The fourth-order valence-corrected chi connectivity index (χ4v) is 4.26. The van der Waals surface area contributed by atoms with E-state index >= 15 is 0 Å². The Morgan fingerprint density at radius 2 is 2.04 bits per heavy atom. The first kappa shape index (κ1) is 20.1. The highest BCUT2D eigenvalue weighted by Gasteiger charge is 2.46. The van der Waals surface area contributed by atoms with Crippen LogP contribution in [-0.4, -0.2) is 49.1 Å². The molecule has 148 valence electrons. The Bertz CT molecular complexity index is 904. The van der Waals surface area contributed by atoms with Crippen LogP contribution in [0.5, 0.6) is 5.75 Å². The van der Waals surface area contributed by atoms with Gasteiger partial charge in [-0.05, 0) is 48.6 Å². The van der Waals surface area contributed by atoms with Gasteiger partial charge >= 0.3 is 0 Å². The molecule has 1 N–H and O–H groups in total. The average Bonchev–Trinajstić information content (AvgIpc) is 3.30. The lowest BCUT2D eigenvalue weighted by Crippen LogP contribution is -2.31. The SMILES string of the molecule is COCCCN1C(=O)C(=O)C(=C(O)c2ccc(OC)c(C)c2)[C@@H]1c1cccs1. The Kier molecular flexibility index (Phi) is 6.16. The van der Waals surface area contributed by atoms with Crippen molar-refractivity contribution in [2.75, 3.05) is 27.4 Å². The number of hydrogen-bond donors (Lipinski definition) is 1. The summed E-state index contributed by atoms with van der Waals surface area (Å²) in [6.07, 6.45) is 0.604. The molecule has 0 saturated carbocycles. The molecule has 6 nitrogen and oxygen atoms in total. The van der Waals surface area contributed by atoms with E-state index < -0.39 is 17.7 Å². The van der Waals surface area contributed by atoms with E-state index in [-0.39, 0.29) is 11.3 Å². The zero-order chi connectivity index (χ0) is 20.3. The molecular formula is C21H23NO5S. The number of Topliss-reactive ketones (excluding diaryl/α,β-unsaturated/α-hetero) is 1. The van der Waals surface area contributed by atoms with Crippen LogP contribution in [0, 0.1) is 6.92 Å². The van der Waals surface area contributed by atoms with Crippen molar-refractivity contribution in [3.63, 3.8) is 0 Å². The molecule has 0 aliphatic carbocycles. The summed E-state index contributed by atoms with van der Waals surface area (Å²) in [6, 6.07) is 8.31. The molecule has 1 aliphatic heterocycles. The minimum Gasteiger partial charge on any atom is -0.507 e. The third-order valence-electron chi connectivity index (χ3n) is 4.77. The van der Waals surface area contributed by atoms with Gasteiger partial charge in [-0.1, -0.05) is 6.07 Å². The van der Waals surface area contributed by atoms with E-state index in [9.17, 15) is 14.7 Å². The summed E-state index contributed by atoms with van der Waals surface area (Å²) in [5.41, 5.74) is 1.43. The van der Waals surface area contributed by atoms with Crippen LogP contribution in [-0.2, 0) is 14.3 Å². The van der Waals surface area contributed by atoms with Crippen LogP contribution < -0.4 is 4.74 Å². The average molecular weight is 401 g/mol. The number of benzene rings is 1. The van der Waals surface area contributed by atoms with Crippen molar-refractivity contribution in [1.82, 2.24) is 4.90 Å². The summed E-state index contributed by atoms with van der Waals surface area (Å²) in [6.45, 7) is 2.72. The van der Waals surface area contributed by atoms with Crippen molar-refractivity contribution < 1.29 is 24.2 Å². The van der Waals surface area contributed by atoms with Crippen molar-refractivity contribution in [2.45, 2.75) is 19.4 Å². The second-order valence-electron chi connectivity index (χ2n) is 6.54. The van der Waals surface area contributed by atoms with Crippen molar-refractivity contribution >= 4 is 28.8 Å². The molecular weight excluding hydrogens is 378 g/mol. The van der Waals surface area contributed by atoms with E-state index in [2.05, 4.69) is 0 Å². The molecule has 28 heavy (non-hydrogen) atoms. The van der Waals surface area contributed by atoms with Crippen LogP contribution in [0.4, 0.5) is 0 Å². The molecule has 1 amide bonds. The van der Waals surface area contributed by atoms with Gasteiger partial charge in [-0.15, -0.1) is 11.3 Å². The summed E-state index contributed by atoms with van der Waals surface area (Å²) >= 11 is 1.45. The topological polar surface area (TPSA) is 76.1 Å². The van der Waals surface area contributed by atoms with Crippen LogP contribution >= 0.6 is 11.3 Å². The molecule has 2 aromatic rings.